The summed E-state index contributed by atoms with van der Waals surface area (Å²) in [5, 5.41) is 4.68. The van der Waals surface area contributed by atoms with E-state index in [-0.39, 0.29) is 18.1 Å². The molecule has 0 radical (unpaired) electrons. The maximum atomic E-state index is 13.1. The number of carbonyl (C=O) groups excluding carboxylic acids is 2. The third-order valence-corrected chi connectivity index (χ3v) is 3.80. The van der Waals surface area contributed by atoms with Gasteiger partial charge in [0.25, 0.3) is 0 Å². The van der Waals surface area contributed by atoms with E-state index in [1.165, 1.54) is 18.0 Å². The van der Waals surface area contributed by atoms with Gasteiger partial charge < -0.3 is 10.6 Å². The van der Waals surface area contributed by atoms with Crippen LogP contribution in [0.3, 0.4) is 0 Å². The molecule has 0 aliphatic carbocycles. The maximum absolute atomic E-state index is 13.1. The van der Waals surface area contributed by atoms with Crippen molar-refractivity contribution in [3.63, 3.8) is 0 Å². The molecule has 28 heavy (non-hydrogen) atoms. The predicted octanol–water partition coefficient (Wildman–Crippen LogP) is 3.57. The van der Waals surface area contributed by atoms with Crippen LogP contribution in [-0.2, 0) is 15.8 Å². The zero-order valence-corrected chi connectivity index (χ0v) is 15.9. The molecule has 0 fully saturated rings. The third kappa shape index (κ3) is 6.50. The third-order valence-electron chi connectivity index (χ3n) is 3.57. The first-order valence-electron chi connectivity index (χ1n) is 8.12. The molecule has 10 heteroatoms. The van der Waals surface area contributed by atoms with Crippen molar-refractivity contribution in [2.24, 2.45) is 0 Å². The molecule has 0 saturated heterocycles. The molecule has 0 saturated carbocycles. The van der Waals surface area contributed by atoms with Crippen LogP contribution in [0.25, 0.3) is 0 Å². The molecule has 1 aromatic heterocycles. The van der Waals surface area contributed by atoms with E-state index in [2.05, 4.69) is 15.6 Å². The molecule has 2 aromatic rings. The molecule has 2 amide bonds. The van der Waals surface area contributed by atoms with E-state index in [4.69, 9.17) is 11.6 Å². The summed E-state index contributed by atoms with van der Waals surface area (Å²) in [7, 11) is 1.49. The second-order valence-electron chi connectivity index (χ2n) is 6.18. The lowest BCUT2D eigenvalue weighted by Gasteiger charge is -2.18. The summed E-state index contributed by atoms with van der Waals surface area (Å²) in [6.45, 7) is 1.43. The smallest absolute Gasteiger partial charge is 0.324 e. The van der Waals surface area contributed by atoms with Crippen molar-refractivity contribution >= 4 is 34.9 Å². The minimum Gasteiger partial charge on any atom is -0.324 e. The Morgan fingerprint density at radius 2 is 1.75 bits per heavy atom. The van der Waals surface area contributed by atoms with E-state index in [1.807, 2.05) is 6.92 Å². The van der Waals surface area contributed by atoms with Crippen LogP contribution in [0.2, 0.25) is 5.02 Å². The van der Waals surface area contributed by atoms with Gasteiger partial charge in [0.05, 0.1) is 24.3 Å². The van der Waals surface area contributed by atoms with Gasteiger partial charge in [-0.1, -0.05) is 17.7 Å². The van der Waals surface area contributed by atoms with Gasteiger partial charge in [-0.05, 0) is 43.8 Å². The van der Waals surface area contributed by atoms with E-state index in [1.54, 1.807) is 18.3 Å². The Bertz CT molecular complexity index is 857. The Hall–Kier alpha value is -2.65. The van der Waals surface area contributed by atoms with Crippen LogP contribution in [0, 0.1) is 6.92 Å². The summed E-state index contributed by atoms with van der Waals surface area (Å²) < 4.78 is 39.2. The molecule has 0 aliphatic rings. The quantitative estimate of drug-likeness (QED) is 0.757. The molecular formula is C18H18ClF3N4O2. The van der Waals surface area contributed by atoms with Gasteiger partial charge in [-0.25, -0.2) is 4.98 Å². The van der Waals surface area contributed by atoms with Crippen LogP contribution in [-0.4, -0.2) is 41.8 Å². The molecule has 0 unspecified atom stereocenters. The fourth-order valence-electron chi connectivity index (χ4n) is 2.32. The molecule has 2 N–H and O–H groups in total. The zero-order chi connectivity index (χ0) is 20.9. The lowest BCUT2D eigenvalue weighted by Crippen LogP contribution is -2.36. The largest absolute Gasteiger partial charge is 0.418 e. The van der Waals surface area contributed by atoms with Gasteiger partial charge in [0.2, 0.25) is 11.8 Å². The van der Waals surface area contributed by atoms with Crippen molar-refractivity contribution in [1.82, 2.24) is 9.88 Å². The Morgan fingerprint density at radius 3 is 2.32 bits per heavy atom. The number of benzene rings is 1. The molecule has 0 spiro atoms. The molecule has 1 aromatic carbocycles. The van der Waals surface area contributed by atoms with Crippen LogP contribution < -0.4 is 10.6 Å². The predicted molar refractivity (Wildman–Crippen MR) is 100 cm³/mol. The minimum absolute atomic E-state index is 0.0937. The fourth-order valence-corrected chi connectivity index (χ4v) is 2.49. The van der Waals surface area contributed by atoms with Crippen molar-refractivity contribution in [2.45, 2.75) is 13.1 Å². The summed E-state index contributed by atoms with van der Waals surface area (Å²) in [5.41, 5.74) is -0.505. The number of nitrogens with zero attached hydrogens (tertiary/aromatic N) is 2. The van der Waals surface area contributed by atoms with Gasteiger partial charge in [-0.2, -0.15) is 13.2 Å². The van der Waals surface area contributed by atoms with Crippen LogP contribution in [0.15, 0.2) is 36.5 Å². The van der Waals surface area contributed by atoms with Crippen molar-refractivity contribution in [1.29, 1.82) is 0 Å². The fraction of sp³-hybridized carbons (Fsp3) is 0.278. The van der Waals surface area contributed by atoms with Crippen molar-refractivity contribution < 1.29 is 22.8 Å². The van der Waals surface area contributed by atoms with E-state index >= 15 is 0 Å². The average Bonchev–Trinajstić information content (AvgIpc) is 2.57. The van der Waals surface area contributed by atoms with Gasteiger partial charge in [-0.15, -0.1) is 0 Å². The highest BCUT2D eigenvalue weighted by Crippen LogP contribution is 2.36. The molecule has 1 heterocycles. The number of rotatable bonds is 6. The Kier molecular flexibility index (Phi) is 6.98. The lowest BCUT2D eigenvalue weighted by atomic mass is 10.1. The maximum Gasteiger partial charge on any atom is 0.418 e. The molecular weight excluding hydrogens is 397 g/mol. The topological polar surface area (TPSA) is 74.3 Å². The number of aryl methyl sites for hydroxylation is 1. The summed E-state index contributed by atoms with van der Waals surface area (Å²) in [4.78, 5) is 29.4. The Morgan fingerprint density at radius 1 is 1.11 bits per heavy atom. The number of anilines is 2. The molecule has 0 bridgehead atoms. The number of nitrogens with one attached hydrogen (secondary N) is 2. The second-order valence-corrected chi connectivity index (χ2v) is 6.61. The summed E-state index contributed by atoms with van der Waals surface area (Å²) in [6.07, 6.45) is -3.07. The highest BCUT2D eigenvalue weighted by Gasteiger charge is 2.34. The molecule has 6 nitrogen and oxygen atoms in total. The van der Waals surface area contributed by atoms with Gasteiger partial charge in [0, 0.05) is 11.2 Å². The Labute approximate surface area is 164 Å². The number of amides is 2. The van der Waals surface area contributed by atoms with Crippen LogP contribution in [0.1, 0.15) is 11.1 Å². The summed E-state index contributed by atoms with van der Waals surface area (Å²) >= 11 is 5.61. The second kappa shape index (κ2) is 9.03. The highest BCUT2D eigenvalue weighted by molar-refractivity contribution is 6.30. The number of alkyl halides is 3. The summed E-state index contributed by atoms with van der Waals surface area (Å²) in [5.74, 6) is -0.741. The first kappa shape index (κ1) is 21.6. The molecule has 150 valence electrons. The van der Waals surface area contributed by atoms with Crippen molar-refractivity contribution in [3.8, 4) is 0 Å². The lowest BCUT2D eigenvalue weighted by molar-refractivity contribution is -0.137. The molecule has 2 rings (SSSR count). The zero-order valence-electron chi connectivity index (χ0n) is 15.1. The first-order chi connectivity index (χ1) is 13.0. The van der Waals surface area contributed by atoms with E-state index in [0.29, 0.717) is 5.82 Å². The van der Waals surface area contributed by atoms with Gasteiger partial charge >= 0.3 is 6.18 Å². The summed E-state index contributed by atoms with van der Waals surface area (Å²) in [6, 6.07) is 6.49. The highest BCUT2D eigenvalue weighted by atomic mass is 35.5. The average molecular weight is 415 g/mol. The van der Waals surface area contributed by atoms with Crippen LogP contribution >= 0.6 is 11.6 Å². The monoisotopic (exact) mass is 414 g/mol. The van der Waals surface area contributed by atoms with E-state index in [9.17, 15) is 22.8 Å². The SMILES string of the molecule is Cc1ccc(NC(=O)CN(C)CC(=O)Nc2ccc(Cl)cc2C(F)(F)F)nc1. The van der Waals surface area contributed by atoms with Gasteiger partial charge in [0.15, 0.2) is 0 Å². The van der Waals surface area contributed by atoms with Crippen molar-refractivity contribution in [3.05, 3.63) is 52.7 Å². The van der Waals surface area contributed by atoms with Gasteiger partial charge in [-0.3, -0.25) is 14.5 Å². The molecule has 0 atom stereocenters. The standard InChI is InChI=1S/C18H18ClF3N4O2/c1-11-3-6-15(23-8-11)25-17(28)10-26(2)9-16(27)24-14-5-4-12(19)7-13(14)18(20,21)22/h3-8H,9-10H2,1-2H3,(H,24,27)(H,23,25,28). The number of pyridine rings is 1. The van der Waals surface area contributed by atoms with Crippen LogP contribution in [0.5, 0.6) is 0 Å². The minimum atomic E-state index is -4.67. The Balaban J connectivity index is 1.92. The molecule has 0 aliphatic heterocycles. The number of carbonyl (C=O) groups is 2. The number of hydrogen-bond donors (Lipinski definition) is 2. The normalized spacial score (nSPS) is 11.4. The number of halogens is 4. The van der Waals surface area contributed by atoms with Crippen molar-refractivity contribution in [2.75, 3.05) is 30.8 Å². The van der Waals surface area contributed by atoms with E-state index in [0.717, 1.165) is 17.7 Å². The number of likely N-dealkylation sites (N-methyl/N-ethyl adjacent to an activating group) is 1. The van der Waals surface area contributed by atoms with Crippen LogP contribution in [0.4, 0.5) is 24.7 Å². The van der Waals surface area contributed by atoms with E-state index < -0.39 is 29.2 Å². The van der Waals surface area contributed by atoms with Gasteiger partial charge in [0.1, 0.15) is 5.82 Å². The first-order valence-corrected chi connectivity index (χ1v) is 8.50. The number of aromatic nitrogens is 1. The number of hydrogen-bond acceptors (Lipinski definition) is 4.